The number of Topliss-reactive ketones (excluding diaryl/α,β-unsaturated/α-hetero) is 1. The maximum Gasteiger partial charge on any atom is 0.130 e. The fraction of sp³-hybridized carbons (Fsp3) is 0.727. The minimum Gasteiger partial charge on any atom is -0.300 e. The smallest absolute Gasteiger partial charge is 0.130 e. The van der Waals surface area contributed by atoms with Gasteiger partial charge < -0.3 is 4.79 Å². The average Bonchev–Trinajstić information content (AvgIpc) is 2.41. The quantitative estimate of drug-likeness (QED) is 0.589. The topological polar surface area (TPSA) is 17.1 Å². The zero-order chi connectivity index (χ0) is 9.52. The van der Waals surface area contributed by atoms with E-state index in [-0.39, 0.29) is 11.2 Å². The number of rotatable bonds is 3. The third-order valence-electron chi connectivity index (χ3n) is 3.44. The molecule has 1 nitrogen and oxygen atoms in total. The monoisotopic (exact) mass is 166 g/mol. The molecule has 0 aromatic carbocycles. The number of hydrogen-bond donors (Lipinski definition) is 0. The van der Waals surface area contributed by atoms with Crippen LogP contribution in [0, 0.1) is 17.3 Å². The molecule has 0 saturated heterocycles. The van der Waals surface area contributed by atoms with Crippen LogP contribution in [0.3, 0.4) is 0 Å². The third-order valence-corrected chi connectivity index (χ3v) is 3.44. The van der Waals surface area contributed by atoms with Crippen LogP contribution in [0.4, 0.5) is 0 Å². The van der Waals surface area contributed by atoms with Crippen molar-refractivity contribution >= 4 is 5.78 Å². The average molecular weight is 166 g/mol. The van der Waals surface area contributed by atoms with E-state index >= 15 is 0 Å². The van der Waals surface area contributed by atoms with Crippen LogP contribution in [-0.4, -0.2) is 5.78 Å². The maximum atomic E-state index is 10.9. The Hall–Kier alpha value is -0.590. The van der Waals surface area contributed by atoms with Crippen molar-refractivity contribution < 1.29 is 4.79 Å². The molecule has 1 saturated carbocycles. The van der Waals surface area contributed by atoms with E-state index in [0.717, 1.165) is 0 Å². The number of carbonyl (C=O) groups excluding carboxylic acids is 1. The van der Waals surface area contributed by atoms with Crippen LogP contribution in [0.5, 0.6) is 0 Å². The van der Waals surface area contributed by atoms with Crippen LogP contribution < -0.4 is 0 Å². The summed E-state index contributed by atoms with van der Waals surface area (Å²) >= 11 is 0. The highest BCUT2D eigenvalue weighted by molar-refractivity contribution is 5.77. The highest BCUT2D eigenvalue weighted by Crippen LogP contribution is 2.63. The third kappa shape index (κ3) is 1.21. The van der Waals surface area contributed by atoms with Crippen LogP contribution in [-0.2, 0) is 4.79 Å². The summed E-state index contributed by atoms with van der Waals surface area (Å²) in [6, 6.07) is 0. The molecule has 0 bridgehead atoms. The zero-order valence-electron chi connectivity index (χ0n) is 8.48. The Morgan fingerprint density at radius 3 is 2.42 bits per heavy atom. The van der Waals surface area contributed by atoms with Gasteiger partial charge in [0.15, 0.2) is 0 Å². The minimum absolute atomic E-state index is 0.242. The van der Waals surface area contributed by atoms with E-state index < -0.39 is 0 Å². The highest BCUT2D eigenvalue weighted by atomic mass is 16.1. The summed E-state index contributed by atoms with van der Waals surface area (Å²) in [5.74, 6) is 1.34. The zero-order valence-corrected chi connectivity index (χ0v) is 8.48. The molecule has 0 radical (unpaired) electrons. The van der Waals surface area contributed by atoms with Crippen LogP contribution in [0.25, 0.3) is 0 Å². The van der Waals surface area contributed by atoms with Crippen molar-refractivity contribution in [2.24, 2.45) is 17.3 Å². The molecule has 0 N–H and O–H groups in total. The molecule has 0 aromatic rings. The first-order valence-electron chi connectivity index (χ1n) is 4.59. The second-order valence-corrected chi connectivity index (χ2v) is 4.42. The number of allylic oxidation sites excluding steroid dienone is 1. The van der Waals surface area contributed by atoms with Gasteiger partial charge in [0.05, 0.1) is 0 Å². The van der Waals surface area contributed by atoms with E-state index in [0.29, 0.717) is 18.3 Å². The lowest BCUT2D eigenvalue weighted by Gasteiger charge is -2.13. The molecule has 1 aliphatic carbocycles. The Balaban J connectivity index is 2.64. The molecule has 1 heteroatoms. The predicted octanol–water partition coefficient (Wildman–Crippen LogP) is 2.81. The van der Waals surface area contributed by atoms with E-state index in [4.69, 9.17) is 0 Å². The largest absolute Gasteiger partial charge is 0.300 e. The molecule has 1 fully saturated rings. The fourth-order valence-electron chi connectivity index (χ4n) is 2.01. The predicted molar refractivity (Wildman–Crippen MR) is 50.9 cm³/mol. The maximum absolute atomic E-state index is 10.9. The van der Waals surface area contributed by atoms with Gasteiger partial charge in [-0.2, -0.15) is 0 Å². The summed E-state index contributed by atoms with van der Waals surface area (Å²) in [5.41, 5.74) is 1.51. The van der Waals surface area contributed by atoms with Crippen molar-refractivity contribution in [2.75, 3.05) is 0 Å². The Bertz CT molecular complexity index is 227. The van der Waals surface area contributed by atoms with Crippen LogP contribution in [0.15, 0.2) is 12.2 Å². The van der Waals surface area contributed by atoms with Gasteiger partial charge in [0.25, 0.3) is 0 Å². The van der Waals surface area contributed by atoms with Crippen molar-refractivity contribution in [3.63, 3.8) is 0 Å². The van der Waals surface area contributed by atoms with Gasteiger partial charge in [-0.15, -0.1) is 0 Å². The van der Waals surface area contributed by atoms with Crippen molar-refractivity contribution in [3.8, 4) is 0 Å². The number of hydrogen-bond acceptors (Lipinski definition) is 1. The Morgan fingerprint density at radius 1 is 1.67 bits per heavy atom. The van der Waals surface area contributed by atoms with Gasteiger partial charge in [0.2, 0.25) is 0 Å². The molecular weight excluding hydrogens is 148 g/mol. The van der Waals surface area contributed by atoms with Crippen molar-refractivity contribution in [1.82, 2.24) is 0 Å². The first-order valence-corrected chi connectivity index (χ1v) is 4.59. The molecule has 0 aromatic heterocycles. The first-order chi connectivity index (χ1) is 5.40. The van der Waals surface area contributed by atoms with Crippen LogP contribution >= 0.6 is 0 Å². The summed E-state index contributed by atoms with van der Waals surface area (Å²) in [6.07, 6.45) is 0.688. The van der Waals surface area contributed by atoms with Gasteiger partial charge in [-0.3, -0.25) is 0 Å². The van der Waals surface area contributed by atoms with Gasteiger partial charge in [-0.1, -0.05) is 32.9 Å². The second-order valence-electron chi connectivity index (χ2n) is 4.42. The summed E-state index contributed by atoms with van der Waals surface area (Å²) in [7, 11) is 0. The van der Waals surface area contributed by atoms with Crippen LogP contribution in [0.1, 0.15) is 34.1 Å². The van der Waals surface area contributed by atoms with Crippen molar-refractivity contribution in [3.05, 3.63) is 12.2 Å². The molecule has 68 valence electrons. The Labute approximate surface area is 74.9 Å². The minimum atomic E-state index is 0.242. The molecule has 0 unspecified atom stereocenters. The summed E-state index contributed by atoms with van der Waals surface area (Å²) in [4.78, 5) is 10.9. The van der Waals surface area contributed by atoms with Crippen molar-refractivity contribution in [1.29, 1.82) is 0 Å². The van der Waals surface area contributed by atoms with E-state index in [1.54, 1.807) is 6.92 Å². The lowest BCUT2D eigenvalue weighted by atomic mass is 9.90. The molecular formula is C11H18O. The molecule has 1 rings (SSSR count). The molecule has 0 spiro atoms. The molecule has 2 atom stereocenters. The second kappa shape index (κ2) is 2.72. The first kappa shape index (κ1) is 9.50. The molecule has 0 aliphatic heterocycles. The SMILES string of the molecule is C=C1[C@@H](CC(C)=O)[C@]1(C)C(C)C. The van der Waals surface area contributed by atoms with E-state index in [1.165, 1.54) is 5.57 Å². The lowest BCUT2D eigenvalue weighted by Crippen LogP contribution is -2.09. The summed E-state index contributed by atoms with van der Waals surface area (Å²) in [6.45, 7) is 12.3. The van der Waals surface area contributed by atoms with Gasteiger partial charge >= 0.3 is 0 Å². The van der Waals surface area contributed by atoms with Gasteiger partial charge in [-0.25, -0.2) is 0 Å². The summed E-state index contributed by atoms with van der Waals surface area (Å²) in [5, 5.41) is 0. The molecule has 0 heterocycles. The van der Waals surface area contributed by atoms with Crippen molar-refractivity contribution in [2.45, 2.75) is 34.1 Å². The number of ketones is 1. The van der Waals surface area contributed by atoms with E-state index in [2.05, 4.69) is 27.4 Å². The lowest BCUT2D eigenvalue weighted by molar-refractivity contribution is -0.117. The normalized spacial score (nSPS) is 34.1. The summed E-state index contributed by atoms with van der Waals surface area (Å²) < 4.78 is 0. The Morgan fingerprint density at radius 2 is 2.17 bits per heavy atom. The van der Waals surface area contributed by atoms with Gasteiger partial charge in [0, 0.05) is 6.42 Å². The Kier molecular flexibility index (Phi) is 2.15. The van der Waals surface area contributed by atoms with Gasteiger partial charge in [0.1, 0.15) is 5.78 Å². The van der Waals surface area contributed by atoms with Gasteiger partial charge in [-0.05, 0) is 24.2 Å². The molecule has 12 heavy (non-hydrogen) atoms. The molecule has 0 amide bonds. The van der Waals surface area contributed by atoms with E-state index in [9.17, 15) is 4.79 Å². The highest BCUT2D eigenvalue weighted by Gasteiger charge is 2.56. The standard InChI is InChI=1S/C11H18O/c1-7(2)11(5)9(4)10(11)6-8(3)12/h7,10H,4,6H2,1-3,5H3/t10-,11-/m1/s1. The van der Waals surface area contributed by atoms with E-state index in [1.807, 2.05) is 0 Å². The fourth-order valence-corrected chi connectivity index (χ4v) is 2.01. The number of carbonyl (C=O) groups is 1. The van der Waals surface area contributed by atoms with Crippen LogP contribution in [0.2, 0.25) is 0 Å². The molecule has 1 aliphatic rings.